The summed E-state index contributed by atoms with van der Waals surface area (Å²) < 4.78 is 50.7. The van der Waals surface area contributed by atoms with Gasteiger partial charge in [0.2, 0.25) is 5.91 Å². The number of rotatable bonds is 8. The summed E-state index contributed by atoms with van der Waals surface area (Å²) in [6.45, 7) is 0.150. The zero-order valence-electron chi connectivity index (χ0n) is 15.7. The van der Waals surface area contributed by atoms with Crippen molar-refractivity contribution >= 4 is 17.5 Å². The average molecular weight is 411 g/mol. The second-order valence-corrected chi connectivity index (χ2v) is 6.37. The molecule has 2 aromatic carbocycles. The highest BCUT2D eigenvalue weighted by Gasteiger charge is 2.28. The van der Waals surface area contributed by atoms with E-state index in [1.165, 1.54) is 13.0 Å². The maximum Gasteiger partial charge on any atom is 0.405 e. The molecule has 0 unspecified atom stereocenters. The number of hydrogen-bond acceptors (Lipinski definition) is 3. The van der Waals surface area contributed by atoms with E-state index in [2.05, 4.69) is 10.6 Å². The first-order valence-electron chi connectivity index (χ1n) is 8.85. The van der Waals surface area contributed by atoms with Gasteiger partial charge < -0.3 is 16.0 Å². The highest BCUT2D eigenvalue weighted by molar-refractivity contribution is 5.95. The van der Waals surface area contributed by atoms with Crippen molar-refractivity contribution in [2.75, 3.05) is 25.0 Å². The standard InChI is InChI=1S/C20H21F4N3O2/c1-13-16(21)9-15(19(29)27-12-20(22,23)24)10-17(13)26-11-18(28)25-8-7-14-5-3-2-4-6-14/h2-6,9-10,26H,7-8,11-12H2,1H3,(H,25,28)(H,27,29). The Balaban J connectivity index is 1.91. The molecule has 0 spiro atoms. The summed E-state index contributed by atoms with van der Waals surface area (Å²) in [4.78, 5) is 23.8. The molecule has 0 saturated carbocycles. The zero-order chi connectivity index (χ0) is 21.4. The lowest BCUT2D eigenvalue weighted by atomic mass is 10.1. The molecule has 0 atom stereocenters. The van der Waals surface area contributed by atoms with Crippen LogP contribution in [-0.2, 0) is 11.2 Å². The number of anilines is 1. The van der Waals surface area contributed by atoms with Gasteiger partial charge in [-0.1, -0.05) is 30.3 Å². The van der Waals surface area contributed by atoms with Gasteiger partial charge in [-0.3, -0.25) is 9.59 Å². The molecule has 2 amide bonds. The summed E-state index contributed by atoms with van der Waals surface area (Å²) in [7, 11) is 0. The fraction of sp³-hybridized carbons (Fsp3) is 0.300. The molecule has 0 saturated heterocycles. The van der Waals surface area contributed by atoms with E-state index in [0.717, 1.165) is 11.6 Å². The number of alkyl halides is 3. The predicted molar refractivity (Wildman–Crippen MR) is 101 cm³/mol. The number of hydrogen-bond donors (Lipinski definition) is 3. The molecule has 5 nitrogen and oxygen atoms in total. The number of halogens is 4. The molecule has 156 valence electrons. The fourth-order valence-electron chi connectivity index (χ4n) is 2.51. The van der Waals surface area contributed by atoms with E-state index in [4.69, 9.17) is 0 Å². The van der Waals surface area contributed by atoms with Crippen LogP contribution in [0.4, 0.5) is 23.2 Å². The monoisotopic (exact) mass is 411 g/mol. The van der Waals surface area contributed by atoms with Crippen LogP contribution in [0.2, 0.25) is 0 Å². The van der Waals surface area contributed by atoms with Gasteiger partial charge in [0.25, 0.3) is 5.91 Å². The van der Waals surface area contributed by atoms with Gasteiger partial charge in [-0.15, -0.1) is 0 Å². The van der Waals surface area contributed by atoms with Gasteiger partial charge in [-0.2, -0.15) is 13.2 Å². The van der Waals surface area contributed by atoms with E-state index in [-0.39, 0.29) is 29.3 Å². The van der Waals surface area contributed by atoms with Crippen LogP contribution in [0.1, 0.15) is 21.5 Å². The molecule has 29 heavy (non-hydrogen) atoms. The third-order valence-corrected chi connectivity index (χ3v) is 4.07. The summed E-state index contributed by atoms with van der Waals surface area (Å²) in [5, 5.41) is 7.11. The second-order valence-electron chi connectivity index (χ2n) is 6.37. The Morgan fingerprint density at radius 3 is 2.38 bits per heavy atom. The number of carbonyl (C=O) groups is 2. The van der Waals surface area contributed by atoms with Gasteiger partial charge >= 0.3 is 6.18 Å². The van der Waals surface area contributed by atoms with Crippen LogP contribution in [0.15, 0.2) is 42.5 Å². The molecule has 0 aliphatic heterocycles. The minimum absolute atomic E-state index is 0.148. The van der Waals surface area contributed by atoms with Crippen LogP contribution < -0.4 is 16.0 Å². The lowest BCUT2D eigenvalue weighted by Gasteiger charge is -2.13. The highest BCUT2D eigenvalue weighted by atomic mass is 19.4. The van der Waals surface area contributed by atoms with Crippen molar-refractivity contribution in [3.05, 3.63) is 65.0 Å². The topological polar surface area (TPSA) is 70.2 Å². The molecule has 0 bridgehead atoms. The Kier molecular flexibility index (Phi) is 7.58. The van der Waals surface area contributed by atoms with Crippen molar-refractivity contribution in [3.8, 4) is 0 Å². The molecule has 0 fully saturated rings. The first-order valence-corrected chi connectivity index (χ1v) is 8.85. The molecule has 0 aliphatic carbocycles. The summed E-state index contributed by atoms with van der Waals surface area (Å²) in [5.74, 6) is -2.17. The minimum Gasteiger partial charge on any atom is -0.376 e. The van der Waals surface area contributed by atoms with Gasteiger partial charge in [0, 0.05) is 23.4 Å². The number of carbonyl (C=O) groups excluding carboxylic acids is 2. The molecule has 0 aliphatic rings. The maximum atomic E-state index is 14.0. The van der Waals surface area contributed by atoms with Gasteiger partial charge in [-0.25, -0.2) is 4.39 Å². The van der Waals surface area contributed by atoms with Crippen molar-refractivity contribution in [2.45, 2.75) is 19.5 Å². The summed E-state index contributed by atoms with van der Waals surface area (Å²) in [6, 6.07) is 11.6. The lowest BCUT2D eigenvalue weighted by molar-refractivity contribution is -0.123. The van der Waals surface area contributed by atoms with Crippen molar-refractivity contribution in [3.63, 3.8) is 0 Å². The van der Waals surface area contributed by atoms with Gasteiger partial charge in [0.15, 0.2) is 0 Å². The molecule has 0 heterocycles. The lowest BCUT2D eigenvalue weighted by Crippen LogP contribution is -2.34. The Hall–Kier alpha value is -3.10. The van der Waals surface area contributed by atoms with Crippen LogP contribution in [0.5, 0.6) is 0 Å². The highest BCUT2D eigenvalue weighted by Crippen LogP contribution is 2.21. The Labute approximate surface area is 165 Å². The van der Waals surface area contributed by atoms with E-state index >= 15 is 0 Å². The van der Waals surface area contributed by atoms with E-state index in [0.29, 0.717) is 13.0 Å². The van der Waals surface area contributed by atoms with E-state index < -0.39 is 24.4 Å². The SMILES string of the molecule is Cc1c(F)cc(C(=O)NCC(F)(F)F)cc1NCC(=O)NCCc1ccccc1. The maximum absolute atomic E-state index is 14.0. The van der Waals surface area contributed by atoms with Gasteiger partial charge in [-0.05, 0) is 31.0 Å². The van der Waals surface area contributed by atoms with E-state index in [1.54, 1.807) is 5.32 Å². The molecule has 2 aromatic rings. The molecule has 2 rings (SSSR count). The van der Waals surface area contributed by atoms with Gasteiger partial charge in [0.05, 0.1) is 6.54 Å². The molecule has 0 radical (unpaired) electrons. The molecular formula is C20H21F4N3O2. The Bertz CT molecular complexity index is 855. The fourth-order valence-corrected chi connectivity index (χ4v) is 2.51. The number of nitrogens with one attached hydrogen (secondary N) is 3. The number of benzene rings is 2. The summed E-state index contributed by atoms with van der Waals surface area (Å²) in [6.07, 6.45) is -3.92. The first-order chi connectivity index (χ1) is 13.7. The van der Waals surface area contributed by atoms with E-state index in [9.17, 15) is 27.2 Å². The van der Waals surface area contributed by atoms with Crippen LogP contribution >= 0.6 is 0 Å². The Morgan fingerprint density at radius 1 is 1.03 bits per heavy atom. The quantitative estimate of drug-likeness (QED) is 0.585. The zero-order valence-corrected chi connectivity index (χ0v) is 15.7. The summed E-state index contributed by atoms with van der Waals surface area (Å²) >= 11 is 0. The molecule has 9 heteroatoms. The molecule has 3 N–H and O–H groups in total. The number of amides is 2. The van der Waals surface area contributed by atoms with Crippen molar-refractivity contribution in [1.29, 1.82) is 0 Å². The van der Waals surface area contributed by atoms with Crippen molar-refractivity contribution in [2.24, 2.45) is 0 Å². The van der Waals surface area contributed by atoms with Crippen molar-refractivity contribution < 1.29 is 27.2 Å². The summed E-state index contributed by atoms with van der Waals surface area (Å²) in [5.41, 5.74) is 1.09. The third-order valence-electron chi connectivity index (χ3n) is 4.07. The van der Waals surface area contributed by atoms with Gasteiger partial charge in [0.1, 0.15) is 12.4 Å². The van der Waals surface area contributed by atoms with Crippen LogP contribution in [-0.4, -0.2) is 37.6 Å². The largest absolute Gasteiger partial charge is 0.405 e. The smallest absolute Gasteiger partial charge is 0.376 e. The normalized spacial score (nSPS) is 11.1. The predicted octanol–water partition coefficient (Wildman–Crippen LogP) is 3.20. The minimum atomic E-state index is -4.57. The molecule has 0 aromatic heterocycles. The van der Waals surface area contributed by atoms with E-state index in [1.807, 2.05) is 30.3 Å². The van der Waals surface area contributed by atoms with Crippen molar-refractivity contribution in [1.82, 2.24) is 10.6 Å². The van der Waals surface area contributed by atoms with Crippen LogP contribution in [0.3, 0.4) is 0 Å². The first kappa shape index (κ1) is 22.2. The molecular weight excluding hydrogens is 390 g/mol. The van der Waals surface area contributed by atoms with Crippen LogP contribution in [0, 0.1) is 12.7 Å². The average Bonchev–Trinajstić information content (AvgIpc) is 2.67. The second kappa shape index (κ2) is 9.90. The third kappa shape index (κ3) is 7.44. The Morgan fingerprint density at radius 2 is 1.72 bits per heavy atom. The van der Waals surface area contributed by atoms with Crippen LogP contribution in [0.25, 0.3) is 0 Å².